The first-order chi connectivity index (χ1) is 7.93. The van der Waals surface area contributed by atoms with E-state index in [0.717, 1.165) is 0 Å². The molecule has 76 valence electrons. The maximum atomic E-state index is 2.21. The summed E-state index contributed by atoms with van der Waals surface area (Å²) in [6.07, 6.45) is 0. The third kappa shape index (κ3) is 1.39. The van der Waals surface area contributed by atoms with Crippen LogP contribution in [0.4, 0.5) is 0 Å². The smallest absolute Gasteiger partial charge is 0.00268 e. The van der Waals surface area contributed by atoms with Gasteiger partial charge in [-0.25, -0.2) is 0 Å². The predicted molar refractivity (Wildman–Crippen MR) is 77.3 cm³/mol. The molecule has 0 aromatic heterocycles. The zero-order chi connectivity index (χ0) is 10.5. The molecule has 0 fully saturated rings. The van der Waals surface area contributed by atoms with Crippen LogP contribution >= 0.6 is 0 Å². The summed E-state index contributed by atoms with van der Waals surface area (Å²) in [4.78, 5) is 0. The summed E-state index contributed by atoms with van der Waals surface area (Å²) in [5.74, 6) is 0. The van der Waals surface area contributed by atoms with Crippen molar-refractivity contribution in [2.24, 2.45) is 0 Å². The summed E-state index contributed by atoms with van der Waals surface area (Å²) in [7, 11) is 0. The monoisotopic (exact) mass is 210 g/mol. The number of benzene rings is 4. The van der Waals surface area contributed by atoms with Crippen molar-refractivity contribution in [3.8, 4) is 0 Å². The fraction of sp³-hybridized carbons (Fsp3) is 0. The Morgan fingerprint density at radius 2 is 0.706 bits per heavy atom. The summed E-state index contributed by atoms with van der Waals surface area (Å²) in [5, 5.41) is 8.14. The Balaban J connectivity index is 0.000000902. The second-order valence-electron chi connectivity index (χ2n) is 4.29. The van der Waals surface area contributed by atoms with E-state index in [4.69, 9.17) is 0 Å². The second kappa shape index (κ2) is 3.77. The first kappa shape index (κ1) is 10.7. The van der Waals surface area contributed by atoms with Crippen molar-refractivity contribution in [3.05, 3.63) is 60.7 Å². The maximum absolute atomic E-state index is 2.21. The topological polar surface area (TPSA) is 0 Å². The van der Waals surface area contributed by atoms with Crippen molar-refractivity contribution >= 4 is 51.2 Å². The SMILES string of the molecule is [LiH].c1cc2ccc3cccc4ccc(c1)c2c34. The summed E-state index contributed by atoms with van der Waals surface area (Å²) in [5.41, 5.74) is 0. The summed E-state index contributed by atoms with van der Waals surface area (Å²) >= 11 is 0. The van der Waals surface area contributed by atoms with Crippen LogP contribution in [0.25, 0.3) is 32.3 Å². The normalized spacial score (nSPS) is 11.1. The van der Waals surface area contributed by atoms with Crippen molar-refractivity contribution in [3.63, 3.8) is 0 Å². The minimum Gasteiger partial charge on any atom is -0.0610 e. The van der Waals surface area contributed by atoms with Crippen molar-refractivity contribution < 1.29 is 0 Å². The van der Waals surface area contributed by atoms with Gasteiger partial charge in [0.1, 0.15) is 0 Å². The predicted octanol–water partition coefficient (Wildman–Crippen LogP) is 3.94. The quantitative estimate of drug-likeness (QED) is 0.304. The molecule has 1 heteroatoms. The minimum absolute atomic E-state index is 0. The molecular formula is C16H11Li. The van der Waals surface area contributed by atoms with E-state index < -0.39 is 0 Å². The van der Waals surface area contributed by atoms with Crippen LogP contribution in [0.3, 0.4) is 0 Å². The van der Waals surface area contributed by atoms with Gasteiger partial charge in [-0.05, 0) is 32.3 Å². The molecule has 0 aliphatic carbocycles. The zero-order valence-electron chi connectivity index (χ0n) is 8.77. The van der Waals surface area contributed by atoms with Crippen molar-refractivity contribution in [1.82, 2.24) is 0 Å². The van der Waals surface area contributed by atoms with Crippen LogP contribution in [0.2, 0.25) is 0 Å². The van der Waals surface area contributed by atoms with E-state index in [0.29, 0.717) is 0 Å². The number of hydrogen-bond acceptors (Lipinski definition) is 0. The molecule has 0 bridgehead atoms. The number of hydrogen-bond donors (Lipinski definition) is 0. The van der Waals surface area contributed by atoms with E-state index in [-0.39, 0.29) is 18.9 Å². The summed E-state index contributed by atoms with van der Waals surface area (Å²) in [6.45, 7) is 0. The molecule has 17 heavy (non-hydrogen) atoms. The molecule has 0 aliphatic heterocycles. The molecule has 0 amide bonds. The summed E-state index contributed by atoms with van der Waals surface area (Å²) in [6, 6.07) is 21.9. The standard InChI is InChI=1S/C16H10.Li.H/c1-3-11-7-9-13-5-2-6-14-10-8-12(4-1)15(11)16(13)14;;/h1-10H;;. The Labute approximate surface area is 112 Å². The van der Waals surface area contributed by atoms with Crippen LogP contribution in [0.1, 0.15) is 0 Å². The van der Waals surface area contributed by atoms with Gasteiger partial charge in [0.25, 0.3) is 0 Å². The second-order valence-corrected chi connectivity index (χ2v) is 4.29. The Bertz CT molecular complexity index is 672. The van der Waals surface area contributed by atoms with Crippen LogP contribution in [-0.2, 0) is 0 Å². The third-order valence-electron chi connectivity index (χ3n) is 3.39. The van der Waals surface area contributed by atoms with Gasteiger partial charge in [0.15, 0.2) is 0 Å². The molecule has 0 radical (unpaired) electrons. The van der Waals surface area contributed by atoms with E-state index in [1.165, 1.54) is 32.3 Å². The molecule has 0 spiro atoms. The van der Waals surface area contributed by atoms with E-state index in [9.17, 15) is 0 Å². The van der Waals surface area contributed by atoms with E-state index in [1.54, 1.807) is 0 Å². The number of rotatable bonds is 0. The zero-order valence-corrected chi connectivity index (χ0v) is 8.77. The van der Waals surface area contributed by atoms with Gasteiger partial charge < -0.3 is 0 Å². The molecule has 4 aromatic rings. The van der Waals surface area contributed by atoms with Gasteiger partial charge in [0, 0.05) is 0 Å². The van der Waals surface area contributed by atoms with E-state index in [1.807, 2.05) is 0 Å². The molecule has 0 saturated heterocycles. The molecule has 0 atom stereocenters. The first-order valence-corrected chi connectivity index (χ1v) is 5.56. The minimum atomic E-state index is 0. The molecule has 0 N–H and O–H groups in total. The van der Waals surface area contributed by atoms with Crippen molar-refractivity contribution in [2.45, 2.75) is 0 Å². The molecule has 0 aliphatic rings. The Kier molecular flexibility index (Phi) is 2.36. The van der Waals surface area contributed by atoms with E-state index in [2.05, 4.69) is 60.7 Å². The van der Waals surface area contributed by atoms with Gasteiger partial charge in [-0.2, -0.15) is 0 Å². The van der Waals surface area contributed by atoms with Gasteiger partial charge in [-0.15, -0.1) is 0 Å². The molecule has 0 unspecified atom stereocenters. The Morgan fingerprint density at radius 3 is 1.00 bits per heavy atom. The van der Waals surface area contributed by atoms with Gasteiger partial charge in [0.2, 0.25) is 0 Å². The van der Waals surface area contributed by atoms with Gasteiger partial charge >= 0.3 is 18.9 Å². The first-order valence-electron chi connectivity index (χ1n) is 5.56. The molecule has 4 aromatic carbocycles. The largest absolute Gasteiger partial charge is 0.0610 e. The Hall–Kier alpha value is -1.48. The molecule has 0 saturated carbocycles. The van der Waals surface area contributed by atoms with Crippen molar-refractivity contribution in [2.75, 3.05) is 0 Å². The van der Waals surface area contributed by atoms with Crippen molar-refractivity contribution in [1.29, 1.82) is 0 Å². The van der Waals surface area contributed by atoms with Gasteiger partial charge in [-0.1, -0.05) is 60.7 Å². The maximum Gasteiger partial charge on any atom is -0.00268 e. The van der Waals surface area contributed by atoms with Gasteiger partial charge in [0.05, 0.1) is 0 Å². The Morgan fingerprint density at radius 1 is 0.412 bits per heavy atom. The fourth-order valence-corrected chi connectivity index (χ4v) is 2.67. The molecule has 4 rings (SSSR count). The van der Waals surface area contributed by atoms with Crippen LogP contribution in [0, 0.1) is 0 Å². The average Bonchev–Trinajstić information content (AvgIpc) is 2.36. The van der Waals surface area contributed by atoms with Gasteiger partial charge in [-0.3, -0.25) is 0 Å². The molecule has 0 heterocycles. The van der Waals surface area contributed by atoms with Crippen LogP contribution < -0.4 is 0 Å². The third-order valence-corrected chi connectivity index (χ3v) is 3.39. The van der Waals surface area contributed by atoms with Crippen LogP contribution in [0.5, 0.6) is 0 Å². The van der Waals surface area contributed by atoms with Crippen LogP contribution in [-0.4, -0.2) is 18.9 Å². The van der Waals surface area contributed by atoms with Crippen LogP contribution in [0.15, 0.2) is 60.7 Å². The molecular weight excluding hydrogens is 199 g/mol. The fourth-order valence-electron chi connectivity index (χ4n) is 2.67. The molecule has 0 nitrogen and oxygen atoms in total. The van der Waals surface area contributed by atoms with E-state index >= 15 is 0 Å². The average molecular weight is 210 g/mol. The summed E-state index contributed by atoms with van der Waals surface area (Å²) < 4.78 is 0.